The summed E-state index contributed by atoms with van der Waals surface area (Å²) < 4.78 is 13.9. The van der Waals surface area contributed by atoms with Gasteiger partial charge in [-0.15, -0.1) is 0 Å². The van der Waals surface area contributed by atoms with E-state index in [0.717, 1.165) is 56.1 Å². The average molecular weight is 427 g/mol. The summed E-state index contributed by atoms with van der Waals surface area (Å²) in [6.45, 7) is 8.33. The van der Waals surface area contributed by atoms with E-state index in [4.69, 9.17) is 0 Å². The van der Waals surface area contributed by atoms with Gasteiger partial charge in [-0.2, -0.15) is 0 Å². The molecule has 168 valence electrons. The van der Waals surface area contributed by atoms with E-state index in [1.165, 1.54) is 6.07 Å². The van der Waals surface area contributed by atoms with E-state index in [1.807, 2.05) is 49.4 Å². The van der Waals surface area contributed by atoms with E-state index in [9.17, 15) is 9.50 Å². The number of piperidine rings is 1. The number of aliphatic imine (C=N–C) groups is 1. The van der Waals surface area contributed by atoms with Crippen LogP contribution in [0.25, 0.3) is 0 Å². The van der Waals surface area contributed by atoms with Crippen molar-refractivity contribution in [2.45, 2.75) is 38.8 Å². The van der Waals surface area contributed by atoms with Gasteiger partial charge in [-0.1, -0.05) is 48.5 Å². The zero-order valence-electron chi connectivity index (χ0n) is 18.6. The number of nitrogens with one attached hydrogen (secondary N) is 2. The molecule has 2 aromatic carbocycles. The number of halogens is 1. The third-order valence-electron chi connectivity index (χ3n) is 5.90. The highest BCUT2D eigenvalue weighted by atomic mass is 19.1. The van der Waals surface area contributed by atoms with Crippen LogP contribution >= 0.6 is 0 Å². The van der Waals surface area contributed by atoms with Crippen LogP contribution < -0.4 is 10.6 Å². The van der Waals surface area contributed by atoms with E-state index < -0.39 is 5.60 Å². The van der Waals surface area contributed by atoms with E-state index in [0.29, 0.717) is 12.5 Å². The molecule has 1 aliphatic heterocycles. The van der Waals surface area contributed by atoms with E-state index >= 15 is 0 Å². The number of guanidine groups is 1. The first kappa shape index (κ1) is 23.2. The van der Waals surface area contributed by atoms with E-state index in [1.54, 1.807) is 13.0 Å². The highest BCUT2D eigenvalue weighted by molar-refractivity contribution is 5.79. The number of nitrogens with zero attached hydrogens (tertiary/aromatic N) is 2. The van der Waals surface area contributed by atoms with Crippen LogP contribution in [0.4, 0.5) is 4.39 Å². The minimum Gasteiger partial charge on any atom is -0.384 e. The normalized spacial score (nSPS) is 17.9. The predicted octanol–water partition coefficient (Wildman–Crippen LogP) is 3.50. The number of hydrogen-bond donors (Lipinski definition) is 3. The quantitative estimate of drug-likeness (QED) is 0.447. The Morgan fingerprint density at radius 3 is 2.45 bits per heavy atom. The molecule has 1 atom stereocenters. The Hall–Kier alpha value is -2.44. The molecular formula is C25H35FN4O. The molecule has 0 amide bonds. The average Bonchev–Trinajstić information content (AvgIpc) is 2.79. The Kier molecular flexibility index (Phi) is 8.43. The lowest BCUT2D eigenvalue weighted by Crippen LogP contribution is -2.43. The fourth-order valence-electron chi connectivity index (χ4n) is 3.92. The Bertz CT molecular complexity index is 832. The van der Waals surface area contributed by atoms with Crippen molar-refractivity contribution >= 4 is 5.96 Å². The Morgan fingerprint density at radius 1 is 1.10 bits per heavy atom. The van der Waals surface area contributed by atoms with Crippen molar-refractivity contribution in [3.05, 3.63) is 71.5 Å². The van der Waals surface area contributed by atoms with Gasteiger partial charge >= 0.3 is 0 Å². The molecule has 5 nitrogen and oxygen atoms in total. The first-order valence-corrected chi connectivity index (χ1v) is 11.2. The maximum Gasteiger partial charge on any atom is 0.191 e. The molecule has 0 radical (unpaired) electrons. The number of aliphatic hydroxyl groups is 1. The van der Waals surface area contributed by atoms with Gasteiger partial charge in [0.15, 0.2) is 5.96 Å². The smallest absolute Gasteiger partial charge is 0.191 e. The molecule has 0 saturated carbocycles. The molecule has 3 N–H and O–H groups in total. The second-order valence-electron chi connectivity index (χ2n) is 8.53. The van der Waals surface area contributed by atoms with Gasteiger partial charge in [-0.05, 0) is 57.3 Å². The fourth-order valence-corrected chi connectivity index (χ4v) is 3.92. The molecule has 1 unspecified atom stereocenters. The zero-order valence-corrected chi connectivity index (χ0v) is 18.6. The first-order chi connectivity index (χ1) is 15.0. The Morgan fingerprint density at radius 2 is 1.77 bits per heavy atom. The summed E-state index contributed by atoms with van der Waals surface area (Å²) >= 11 is 0. The second-order valence-corrected chi connectivity index (χ2v) is 8.53. The summed E-state index contributed by atoms with van der Waals surface area (Å²) in [7, 11) is 0. The standard InChI is InChI=1S/C25H35FN4O/c1-3-27-24(29-19-25(2,31)22-10-5-4-6-11-22)28-17-20-13-15-30(16-14-20)18-21-9-7-8-12-23(21)26/h4-12,20,31H,3,13-19H2,1-2H3,(H2,27,28,29). The van der Waals surface area contributed by atoms with Crippen LogP contribution in [-0.4, -0.2) is 48.7 Å². The van der Waals surface area contributed by atoms with Gasteiger partial charge in [0.1, 0.15) is 11.4 Å². The zero-order chi connectivity index (χ0) is 22.1. The van der Waals surface area contributed by atoms with Gasteiger partial charge in [0, 0.05) is 25.2 Å². The van der Waals surface area contributed by atoms with Crippen LogP contribution in [-0.2, 0) is 12.1 Å². The van der Waals surface area contributed by atoms with Gasteiger partial charge in [0.25, 0.3) is 0 Å². The molecule has 0 spiro atoms. The maximum atomic E-state index is 13.9. The topological polar surface area (TPSA) is 59.9 Å². The molecule has 2 aromatic rings. The van der Waals surface area contributed by atoms with Crippen molar-refractivity contribution in [1.82, 2.24) is 15.5 Å². The molecule has 1 heterocycles. The molecular weight excluding hydrogens is 391 g/mol. The lowest BCUT2D eigenvalue weighted by Gasteiger charge is -2.32. The molecule has 31 heavy (non-hydrogen) atoms. The van der Waals surface area contributed by atoms with Gasteiger partial charge in [0.05, 0.1) is 6.54 Å². The number of likely N-dealkylation sites (tertiary alicyclic amines) is 1. The predicted molar refractivity (Wildman–Crippen MR) is 124 cm³/mol. The van der Waals surface area contributed by atoms with Crippen LogP contribution in [0.2, 0.25) is 0 Å². The number of benzene rings is 2. The summed E-state index contributed by atoms with van der Waals surface area (Å²) in [6, 6.07) is 16.7. The fraction of sp³-hybridized carbons (Fsp3) is 0.480. The molecule has 3 rings (SSSR count). The SMILES string of the molecule is CCNC(=NCC(C)(O)c1ccccc1)NCC1CCN(Cc2ccccc2F)CC1. The maximum absolute atomic E-state index is 13.9. The monoisotopic (exact) mass is 426 g/mol. The summed E-state index contributed by atoms with van der Waals surface area (Å²) in [6.07, 6.45) is 2.14. The highest BCUT2D eigenvalue weighted by Gasteiger charge is 2.23. The van der Waals surface area contributed by atoms with Crippen molar-refractivity contribution < 1.29 is 9.50 Å². The van der Waals surface area contributed by atoms with Gasteiger partial charge in [-0.25, -0.2) is 9.38 Å². The molecule has 0 aliphatic carbocycles. The van der Waals surface area contributed by atoms with Gasteiger partial charge in [0.2, 0.25) is 0 Å². The summed E-state index contributed by atoms with van der Waals surface area (Å²) in [5.41, 5.74) is 0.615. The van der Waals surface area contributed by atoms with Crippen LogP contribution in [0.3, 0.4) is 0 Å². The van der Waals surface area contributed by atoms with Crippen LogP contribution in [0, 0.1) is 11.7 Å². The highest BCUT2D eigenvalue weighted by Crippen LogP contribution is 2.21. The lowest BCUT2D eigenvalue weighted by molar-refractivity contribution is 0.0672. The van der Waals surface area contributed by atoms with Crippen molar-refractivity contribution in [3.8, 4) is 0 Å². The Labute approximate surface area is 185 Å². The van der Waals surface area contributed by atoms with Crippen molar-refractivity contribution in [3.63, 3.8) is 0 Å². The number of rotatable bonds is 8. The van der Waals surface area contributed by atoms with Crippen LogP contribution in [0.1, 0.15) is 37.8 Å². The minimum atomic E-state index is -1.01. The van der Waals surface area contributed by atoms with Crippen molar-refractivity contribution in [2.75, 3.05) is 32.7 Å². The van der Waals surface area contributed by atoms with Crippen LogP contribution in [0.15, 0.2) is 59.6 Å². The molecule has 1 saturated heterocycles. The van der Waals surface area contributed by atoms with Gasteiger partial charge in [-0.3, -0.25) is 4.90 Å². The van der Waals surface area contributed by atoms with Crippen LogP contribution in [0.5, 0.6) is 0 Å². The molecule has 0 bridgehead atoms. The third kappa shape index (κ3) is 7.04. The second kappa shape index (κ2) is 11.3. The van der Waals surface area contributed by atoms with Crippen molar-refractivity contribution in [2.24, 2.45) is 10.9 Å². The summed E-state index contributed by atoms with van der Waals surface area (Å²) in [5, 5.41) is 17.5. The lowest BCUT2D eigenvalue weighted by atomic mass is 9.96. The van der Waals surface area contributed by atoms with E-state index in [2.05, 4.69) is 20.5 Å². The van der Waals surface area contributed by atoms with E-state index in [-0.39, 0.29) is 12.4 Å². The summed E-state index contributed by atoms with van der Waals surface area (Å²) in [5.74, 6) is 1.16. The Balaban J connectivity index is 1.47. The molecule has 0 aromatic heterocycles. The van der Waals surface area contributed by atoms with Crippen molar-refractivity contribution in [1.29, 1.82) is 0 Å². The molecule has 1 aliphatic rings. The minimum absolute atomic E-state index is 0.121. The summed E-state index contributed by atoms with van der Waals surface area (Å²) in [4.78, 5) is 6.94. The third-order valence-corrected chi connectivity index (χ3v) is 5.90. The van der Waals surface area contributed by atoms with Gasteiger partial charge < -0.3 is 15.7 Å². The number of hydrogen-bond acceptors (Lipinski definition) is 3. The first-order valence-electron chi connectivity index (χ1n) is 11.2. The molecule has 6 heteroatoms. The largest absolute Gasteiger partial charge is 0.384 e. The molecule has 1 fully saturated rings.